The number of guanidine groups is 1. The molecule has 8 heteroatoms. The lowest BCUT2D eigenvalue weighted by Gasteiger charge is -2.17. The van der Waals surface area contributed by atoms with Crippen molar-refractivity contribution < 1.29 is 9.53 Å². The van der Waals surface area contributed by atoms with Gasteiger partial charge in [0.25, 0.3) is 5.91 Å². The Morgan fingerprint density at radius 1 is 1.26 bits per heavy atom. The van der Waals surface area contributed by atoms with Crippen molar-refractivity contribution in [1.82, 2.24) is 16.0 Å². The predicted octanol–water partition coefficient (Wildman–Crippen LogP) is 1.89. The number of amides is 1. The van der Waals surface area contributed by atoms with Crippen LogP contribution in [0, 0.1) is 0 Å². The van der Waals surface area contributed by atoms with Gasteiger partial charge in [0.1, 0.15) is 0 Å². The number of carbonyl (C=O) groups excluding carboxylic acids is 1. The molecule has 0 fully saturated rings. The number of halogens is 2. The number of rotatable bonds is 7. The normalized spacial score (nSPS) is 12.1. The van der Waals surface area contributed by atoms with Gasteiger partial charge in [0.05, 0.1) is 6.61 Å². The third-order valence-electron chi connectivity index (χ3n) is 2.83. The summed E-state index contributed by atoms with van der Waals surface area (Å²) in [6, 6.07) is 6.92. The summed E-state index contributed by atoms with van der Waals surface area (Å²) < 4.78 is 5.05. The number of ether oxygens (including phenoxy) is 1. The van der Waals surface area contributed by atoms with E-state index in [-0.39, 0.29) is 35.9 Å². The highest BCUT2D eigenvalue weighted by Gasteiger charge is 2.06. The average Bonchev–Trinajstić information content (AvgIpc) is 2.51. The summed E-state index contributed by atoms with van der Waals surface area (Å²) in [4.78, 5) is 16.0. The molecule has 0 saturated carbocycles. The Morgan fingerprint density at radius 2 is 1.87 bits per heavy atom. The van der Waals surface area contributed by atoms with Crippen LogP contribution in [-0.2, 0) is 4.74 Å². The van der Waals surface area contributed by atoms with Crippen molar-refractivity contribution in [2.45, 2.75) is 13.0 Å². The summed E-state index contributed by atoms with van der Waals surface area (Å²) in [5.74, 6) is 0.541. The van der Waals surface area contributed by atoms with Gasteiger partial charge in [-0.15, -0.1) is 24.0 Å². The van der Waals surface area contributed by atoms with Crippen molar-refractivity contribution in [3.63, 3.8) is 0 Å². The molecule has 0 aliphatic rings. The largest absolute Gasteiger partial charge is 0.383 e. The summed E-state index contributed by atoms with van der Waals surface area (Å²) >= 11 is 5.79. The second kappa shape index (κ2) is 12.4. The monoisotopic (exact) mass is 454 g/mol. The molecule has 23 heavy (non-hydrogen) atoms. The van der Waals surface area contributed by atoms with Crippen molar-refractivity contribution in [1.29, 1.82) is 0 Å². The molecule has 0 aliphatic heterocycles. The number of carbonyl (C=O) groups is 1. The SMILES string of the molecule is CN=C(NCCNC(=O)c1ccc(Cl)cc1)NC(C)COC.I. The van der Waals surface area contributed by atoms with Gasteiger partial charge in [-0.25, -0.2) is 0 Å². The van der Waals surface area contributed by atoms with Gasteiger partial charge in [0, 0.05) is 43.9 Å². The van der Waals surface area contributed by atoms with Crippen LogP contribution in [0.2, 0.25) is 5.02 Å². The van der Waals surface area contributed by atoms with Gasteiger partial charge >= 0.3 is 0 Å². The summed E-state index contributed by atoms with van der Waals surface area (Å²) in [7, 11) is 3.35. The fraction of sp³-hybridized carbons (Fsp3) is 0.467. The van der Waals surface area contributed by atoms with Crippen molar-refractivity contribution in [3.05, 3.63) is 34.9 Å². The van der Waals surface area contributed by atoms with Crippen molar-refractivity contribution >= 4 is 47.4 Å². The maximum Gasteiger partial charge on any atom is 0.251 e. The first-order valence-corrected chi connectivity index (χ1v) is 7.44. The molecule has 1 aromatic carbocycles. The van der Waals surface area contributed by atoms with Crippen LogP contribution < -0.4 is 16.0 Å². The fourth-order valence-electron chi connectivity index (χ4n) is 1.78. The number of nitrogens with one attached hydrogen (secondary N) is 3. The van der Waals surface area contributed by atoms with E-state index in [1.165, 1.54) is 0 Å². The van der Waals surface area contributed by atoms with Crippen LogP contribution in [-0.4, -0.2) is 51.8 Å². The quantitative estimate of drug-likeness (QED) is 0.255. The second-order valence-corrected chi connectivity index (χ2v) is 5.20. The number of nitrogens with zero attached hydrogens (tertiary/aromatic N) is 1. The molecule has 1 unspecified atom stereocenters. The van der Waals surface area contributed by atoms with E-state index in [0.717, 1.165) is 0 Å². The van der Waals surface area contributed by atoms with E-state index in [1.807, 2.05) is 6.92 Å². The Morgan fingerprint density at radius 3 is 2.43 bits per heavy atom. The Balaban J connectivity index is 0.00000484. The third kappa shape index (κ3) is 8.97. The van der Waals surface area contributed by atoms with Gasteiger partial charge < -0.3 is 20.7 Å². The molecule has 0 radical (unpaired) electrons. The van der Waals surface area contributed by atoms with Gasteiger partial charge in [0.15, 0.2) is 5.96 Å². The second-order valence-electron chi connectivity index (χ2n) is 4.76. The Bertz CT molecular complexity index is 497. The van der Waals surface area contributed by atoms with Gasteiger partial charge in [-0.1, -0.05) is 11.6 Å². The van der Waals surface area contributed by atoms with E-state index < -0.39 is 0 Å². The van der Waals surface area contributed by atoms with E-state index in [2.05, 4.69) is 20.9 Å². The number of hydrogen-bond acceptors (Lipinski definition) is 3. The molecule has 0 spiro atoms. The van der Waals surface area contributed by atoms with Crippen molar-refractivity contribution in [2.24, 2.45) is 4.99 Å². The van der Waals surface area contributed by atoms with E-state index in [4.69, 9.17) is 16.3 Å². The molecule has 0 aliphatic carbocycles. The standard InChI is InChI=1S/C15H23ClN4O2.HI/c1-11(10-22-3)20-15(17-2)19-9-8-18-14(21)12-4-6-13(16)7-5-12;/h4-7,11H,8-10H2,1-3H3,(H,18,21)(H2,17,19,20);1H. The Hall–Kier alpha value is -1.06. The molecule has 3 N–H and O–H groups in total. The zero-order chi connectivity index (χ0) is 16.4. The molecular formula is C15H24ClIN4O2. The lowest BCUT2D eigenvalue weighted by Crippen LogP contribution is -2.46. The lowest BCUT2D eigenvalue weighted by molar-refractivity contribution is 0.0954. The first-order chi connectivity index (χ1) is 10.6. The van der Waals surface area contributed by atoms with Gasteiger partial charge in [0.2, 0.25) is 0 Å². The minimum atomic E-state index is -0.130. The first kappa shape index (κ1) is 21.9. The maximum atomic E-state index is 11.9. The highest BCUT2D eigenvalue weighted by molar-refractivity contribution is 14.0. The topological polar surface area (TPSA) is 74.8 Å². The first-order valence-electron chi connectivity index (χ1n) is 7.06. The van der Waals surface area contributed by atoms with Crippen LogP contribution in [0.4, 0.5) is 0 Å². The molecule has 1 atom stereocenters. The molecule has 6 nitrogen and oxygen atoms in total. The number of aliphatic imine (C=N–C) groups is 1. The molecule has 1 rings (SSSR count). The van der Waals surface area contributed by atoms with Gasteiger partial charge in [-0.2, -0.15) is 0 Å². The van der Waals surface area contributed by atoms with Crippen LogP contribution in [0.25, 0.3) is 0 Å². The Kier molecular flexibility index (Phi) is 11.8. The van der Waals surface area contributed by atoms with Crippen molar-refractivity contribution in [3.8, 4) is 0 Å². The fourth-order valence-corrected chi connectivity index (χ4v) is 1.91. The van der Waals surface area contributed by atoms with Crippen LogP contribution >= 0.6 is 35.6 Å². The number of methoxy groups -OCH3 is 1. The summed E-state index contributed by atoms with van der Waals surface area (Å²) in [5, 5.41) is 9.74. The van der Waals surface area contributed by atoms with Crippen LogP contribution in [0.15, 0.2) is 29.3 Å². The highest BCUT2D eigenvalue weighted by Crippen LogP contribution is 2.08. The smallest absolute Gasteiger partial charge is 0.251 e. The zero-order valence-electron chi connectivity index (χ0n) is 13.6. The maximum absolute atomic E-state index is 11.9. The molecule has 130 valence electrons. The summed E-state index contributed by atoms with van der Waals surface area (Å²) in [6.45, 7) is 3.65. The number of hydrogen-bond donors (Lipinski definition) is 3. The molecule has 1 aromatic rings. The highest BCUT2D eigenvalue weighted by atomic mass is 127. The Labute approximate surface area is 159 Å². The average molecular weight is 455 g/mol. The van der Waals surface area contributed by atoms with E-state index >= 15 is 0 Å². The molecule has 0 bridgehead atoms. The van der Waals surface area contributed by atoms with Crippen LogP contribution in [0.5, 0.6) is 0 Å². The van der Waals surface area contributed by atoms with E-state index in [9.17, 15) is 4.79 Å². The molecular weight excluding hydrogens is 431 g/mol. The van der Waals surface area contributed by atoms with E-state index in [0.29, 0.717) is 36.2 Å². The summed E-state index contributed by atoms with van der Waals surface area (Å²) in [6.07, 6.45) is 0. The minimum Gasteiger partial charge on any atom is -0.383 e. The number of benzene rings is 1. The zero-order valence-corrected chi connectivity index (χ0v) is 16.6. The van der Waals surface area contributed by atoms with E-state index in [1.54, 1.807) is 38.4 Å². The van der Waals surface area contributed by atoms with Gasteiger partial charge in [-0.05, 0) is 31.2 Å². The molecule has 0 aromatic heterocycles. The lowest BCUT2D eigenvalue weighted by atomic mass is 10.2. The molecule has 1 amide bonds. The third-order valence-corrected chi connectivity index (χ3v) is 3.08. The van der Waals surface area contributed by atoms with Crippen LogP contribution in [0.1, 0.15) is 17.3 Å². The minimum absolute atomic E-state index is 0. The summed E-state index contributed by atoms with van der Waals surface area (Å²) in [5.41, 5.74) is 0.584. The molecule has 0 heterocycles. The van der Waals surface area contributed by atoms with Crippen LogP contribution in [0.3, 0.4) is 0 Å². The van der Waals surface area contributed by atoms with Gasteiger partial charge in [-0.3, -0.25) is 9.79 Å². The molecule has 0 saturated heterocycles. The predicted molar refractivity (Wildman–Crippen MR) is 105 cm³/mol. The van der Waals surface area contributed by atoms with Crippen molar-refractivity contribution in [2.75, 3.05) is 33.9 Å².